The number of ether oxygens (including phenoxy) is 1. The molecule has 2 rings (SSSR count). The van der Waals surface area contributed by atoms with Crippen LogP contribution in [-0.4, -0.2) is 54.5 Å². The molecule has 1 atom stereocenters. The van der Waals surface area contributed by atoms with Crippen molar-refractivity contribution in [2.45, 2.75) is 6.10 Å². The summed E-state index contributed by atoms with van der Waals surface area (Å²) < 4.78 is 9.91. The Labute approximate surface area is 133 Å². The fourth-order valence-electron chi connectivity index (χ4n) is 1.99. The van der Waals surface area contributed by atoms with Crippen molar-refractivity contribution in [1.29, 1.82) is 0 Å². The predicted molar refractivity (Wildman–Crippen MR) is 81.8 cm³/mol. The minimum atomic E-state index is -0.755. The number of aromatic nitrogens is 1. The Kier molecular flexibility index (Phi) is 5.54. The molecule has 0 aliphatic carbocycles. The van der Waals surface area contributed by atoms with Gasteiger partial charge in [-0.3, -0.25) is 4.79 Å². The smallest absolute Gasteiger partial charge is 0.292 e. The molecule has 0 saturated carbocycles. The van der Waals surface area contributed by atoms with Gasteiger partial charge in [0.15, 0.2) is 0 Å². The highest BCUT2D eigenvalue weighted by atomic mass is 35.5. The Hall–Kier alpha value is -1.89. The number of nitrogens with zero attached hydrogens (tertiary/aromatic N) is 2. The van der Waals surface area contributed by atoms with Gasteiger partial charge in [0.1, 0.15) is 5.69 Å². The van der Waals surface area contributed by atoms with Gasteiger partial charge in [-0.2, -0.15) is 0 Å². The van der Waals surface area contributed by atoms with Gasteiger partial charge in [-0.15, -0.1) is 0 Å². The van der Waals surface area contributed by atoms with Crippen LogP contribution < -0.4 is 0 Å². The van der Waals surface area contributed by atoms with Gasteiger partial charge in [0.2, 0.25) is 5.76 Å². The largest absolute Gasteiger partial charge is 0.389 e. The predicted octanol–water partition coefficient (Wildman–Crippen LogP) is 2.07. The maximum atomic E-state index is 12.2. The maximum absolute atomic E-state index is 12.2. The third-order valence-corrected chi connectivity index (χ3v) is 3.27. The fraction of sp³-hybridized carbons (Fsp3) is 0.333. The van der Waals surface area contributed by atoms with E-state index in [1.54, 1.807) is 31.3 Å². The average Bonchev–Trinajstić information content (AvgIpc) is 2.96. The number of benzene rings is 1. The lowest BCUT2D eigenvalue weighted by Crippen LogP contribution is -2.36. The number of aliphatic hydroxyl groups is 1. The first-order chi connectivity index (χ1) is 10.5. The summed E-state index contributed by atoms with van der Waals surface area (Å²) >= 11 is 5.93. The van der Waals surface area contributed by atoms with Crippen LogP contribution in [0.15, 0.2) is 34.9 Å². The first kappa shape index (κ1) is 16.5. The number of carbonyl (C=O) groups is 1. The van der Waals surface area contributed by atoms with Gasteiger partial charge in [-0.1, -0.05) is 28.9 Å². The third kappa shape index (κ3) is 4.07. The Morgan fingerprint density at radius 1 is 1.50 bits per heavy atom. The van der Waals surface area contributed by atoms with E-state index >= 15 is 0 Å². The molecular weight excluding hydrogens is 308 g/mol. The quantitative estimate of drug-likeness (QED) is 0.880. The summed E-state index contributed by atoms with van der Waals surface area (Å²) in [7, 11) is 3.06. The van der Waals surface area contributed by atoms with E-state index < -0.39 is 6.10 Å². The SMILES string of the molecule is COCC(O)CN(C)C(=O)c1cc(-c2cccc(Cl)c2)no1. The number of halogens is 1. The molecule has 2 aromatic rings. The van der Waals surface area contributed by atoms with E-state index in [1.807, 2.05) is 6.07 Å². The summed E-state index contributed by atoms with van der Waals surface area (Å²) in [5.74, 6) is -0.266. The molecule has 0 bridgehead atoms. The van der Waals surface area contributed by atoms with Gasteiger partial charge in [0.05, 0.1) is 12.7 Å². The lowest BCUT2D eigenvalue weighted by Gasteiger charge is -2.18. The summed E-state index contributed by atoms with van der Waals surface area (Å²) in [5, 5.41) is 14.1. The number of hydrogen-bond donors (Lipinski definition) is 1. The van der Waals surface area contributed by atoms with Gasteiger partial charge in [0.25, 0.3) is 5.91 Å². The van der Waals surface area contributed by atoms with Crippen molar-refractivity contribution in [3.8, 4) is 11.3 Å². The molecule has 0 aliphatic rings. The molecule has 1 aromatic carbocycles. The number of likely N-dealkylation sites (N-methyl/N-ethyl adjacent to an activating group) is 1. The lowest BCUT2D eigenvalue weighted by atomic mass is 10.1. The molecule has 7 heteroatoms. The Bertz CT molecular complexity index is 644. The van der Waals surface area contributed by atoms with Gasteiger partial charge in [0, 0.05) is 37.4 Å². The summed E-state index contributed by atoms with van der Waals surface area (Å²) in [6.07, 6.45) is -0.755. The Morgan fingerprint density at radius 2 is 2.27 bits per heavy atom. The van der Waals surface area contributed by atoms with Crippen LogP contribution in [0.25, 0.3) is 11.3 Å². The van der Waals surface area contributed by atoms with E-state index in [4.69, 9.17) is 20.9 Å². The van der Waals surface area contributed by atoms with Crippen molar-refractivity contribution in [2.24, 2.45) is 0 Å². The molecule has 1 amide bonds. The molecule has 118 valence electrons. The molecule has 22 heavy (non-hydrogen) atoms. The molecule has 0 aliphatic heterocycles. The van der Waals surface area contributed by atoms with Gasteiger partial charge in [-0.05, 0) is 12.1 Å². The molecule has 0 fully saturated rings. The van der Waals surface area contributed by atoms with Crippen LogP contribution in [-0.2, 0) is 4.74 Å². The molecule has 1 aromatic heterocycles. The number of rotatable bonds is 6. The minimum absolute atomic E-state index is 0.0992. The van der Waals surface area contributed by atoms with Crippen LogP contribution in [0, 0.1) is 0 Å². The highest BCUT2D eigenvalue weighted by molar-refractivity contribution is 6.30. The van der Waals surface area contributed by atoms with Gasteiger partial charge < -0.3 is 19.3 Å². The highest BCUT2D eigenvalue weighted by Gasteiger charge is 2.20. The van der Waals surface area contributed by atoms with Crippen LogP contribution in [0.5, 0.6) is 0 Å². The highest BCUT2D eigenvalue weighted by Crippen LogP contribution is 2.22. The van der Waals surface area contributed by atoms with Crippen molar-refractivity contribution < 1.29 is 19.2 Å². The standard InChI is InChI=1S/C15H17ClN2O4/c1-18(8-12(19)9-21-2)15(20)14-7-13(17-22-14)10-4-3-5-11(16)6-10/h3-7,12,19H,8-9H2,1-2H3. The number of methoxy groups -OCH3 is 1. The number of carbonyl (C=O) groups excluding carboxylic acids is 1. The van der Waals surface area contributed by atoms with Crippen LogP contribution >= 0.6 is 11.6 Å². The molecule has 0 saturated heterocycles. The molecule has 0 spiro atoms. The number of amides is 1. The topological polar surface area (TPSA) is 75.8 Å². The molecule has 1 unspecified atom stereocenters. The zero-order chi connectivity index (χ0) is 16.1. The summed E-state index contributed by atoms with van der Waals surface area (Å²) in [6, 6.07) is 8.65. The third-order valence-electron chi connectivity index (χ3n) is 3.03. The Morgan fingerprint density at radius 3 is 2.95 bits per heavy atom. The summed E-state index contributed by atoms with van der Waals surface area (Å²) in [4.78, 5) is 13.6. The average molecular weight is 325 g/mol. The monoisotopic (exact) mass is 324 g/mol. The maximum Gasteiger partial charge on any atom is 0.292 e. The zero-order valence-corrected chi connectivity index (χ0v) is 13.1. The van der Waals surface area contributed by atoms with E-state index in [0.717, 1.165) is 5.56 Å². The summed E-state index contributed by atoms with van der Waals surface area (Å²) in [6.45, 7) is 0.293. The second-order valence-corrected chi connectivity index (χ2v) is 5.32. The second-order valence-electron chi connectivity index (χ2n) is 4.88. The van der Waals surface area contributed by atoms with E-state index in [1.165, 1.54) is 12.0 Å². The lowest BCUT2D eigenvalue weighted by molar-refractivity contribution is 0.0364. The number of aliphatic hydroxyl groups excluding tert-OH is 1. The van der Waals surface area contributed by atoms with Gasteiger partial charge in [-0.25, -0.2) is 0 Å². The van der Waals surface area contributed by atoms with E-state index in [9.17, 15) is 9.90 Å². The molecule has 6 nitrogen and oxygen atoms in total. The fourth-order valence-corrected chi connectivity index (χ4v) is 2.18. The number of hydrogen-bond acceptors (Lipinski definition) is 5. The first-order valence-corrected chi connectivity index (χ1v) is 7.04. The molecular formula is C15H17ClN2O4. The van der Waals surface area contributed by atoms with Crippen LogP contribution in [0.4, 0.5) is 0 Å². The van der Waals surface area contributed by atoms with Crippen molar-refractivity contribution in [3.05, 3.63) is 41.1 Å². The summed E-state index contributed by atoms with van der Waals surface area (Å²) in [5.41, 5.74) is 1.29. The molecule has 1 heterocycles. The van der Waals surface area contributed by atoms with Crippen molar-refractivity contribution in [2.75, 3.05) is 27.3 Å². The Balaban J connectivity index is 2.09. The van der Waals surface area contributed by atoms with Gasteiger partial charge >= 0.3 is 0 Å². The van der Waals surface area contributed by atoms with Crippen molar-refractivity contribution in [3.63, 3.8) is 0 Å². The van der Waals surface area contributed by atoms with E-state index in [2.05, 4.69) is 5.16 Å². The minimum Gasteiger partial charge on any atom is -0.389 e. The van der Waals surface area contributed by atoms with Crippen molar-refractivity contribution >= 4 is 17.5 Å². The molecule has 1 N–H and O–H groups in total. The van der Waals surface area contributed by atoms with Crippen LogP contribution in [0.1, 0.15) is 10.6 Å². The van der Waals surface area contributed by atoms with E-state index in [0.29, 0.717) is 10.7 Å². The first-order valence-electron chi connectivity index (χ1n) is 6.66. The van der Waals surface area contributed by atoms with E-state index in [-0.39, 0.29) is 24.8 Å². The van der Waals surface area contributed by atoms with Crippen LogP contribution in [0.3, 0.4) is 0 Å². The normalized spacial score (nSPS) is 12.2. The molecule has 0 radical (unpaired) electrons. The second kappa shape index (κ2) is 7.40. The van der Waals surface area contributed by atoms with Crippen molar-refractivity contribution in [1.82, 2.24) is 10.1 Å². The zero-order valence-electron chi connectivity index (χ0n) is 12.3. The van der Waals surface area contributed by atoms with Crippen LogP contribution in [0.2, 0.25) is 5.02 Å².